The number of methoxy groups -OCH3 is 1. The first-order valence-corrected chi connectivity index (χ1v) is 16.5. The van der Waals surface area contributed by atoms with Crippen LogP contribution in [0.5, 0.6) is 11.5 Å². The van der Waals surface area contributed by atoms with E-state index in [2.05, 4.69) is 27.0 Å². The minimum Gasteiger partial charge on any atom is -0.493 e. The number of carbonyl (C=O) groups is 3. The van der Waals surface area contributed by atoms with Gasteiger partial charge in [-0.2, -0.15) is 5.26 Å². The number of pyridine rings is 1. The fraction of sp³-hybridized carbons (Fsp3) is 0.342. The van der Waals surface area contributed by atoms with Gasteiger partial charge in [0.15, 0.2) is 11.5 Å². The lowest BCUT2D eigenvalue weighted by Gasteiger charge is -2.24. The van der Waals surface area contributed by atoms with Crippen LogP contribution in [0.1, 0.15) is 68.8 Å². The highest BCUT2D eigenvalue weighted by Gasteiger charge is 2.29. The molecule has 3 aromatic carbocycles. The number of nitrogens with zero attached hydrogens (tertiary/aromatic N) is 2. The second-order valence-electron chi connectivity index (χ2n) is 12.9. The van der Waals surface area contributed by atoms with E-state index in [1.54, 1.807) is 81.4 Å². The van der Waals surface area contributed by atoms with Crippen LogP contribution < -0.4 is 25.4 Å². The van der Waals surface area contributed by atoms with Gasteiger partial charge in [0, 0.05) is 41.0 Å². The van der Waals surface area contributed by atoms with E-state index in [-0.39, 0.29) is 25.0 Å². The van der Waals surface area contributed by atoms with Crippen LogP contribution >= 0.6 is 0 Å². The Hall–Kier alpha value is -5.83. The Morgan fingerprint density at radius 1 is 0.980 bits per heavy atom. The van der Waals surface area contributed by atoms with Gasteiger partial charge in [-0.05, 0) is 88.9 Å². The van der Waals surface area contributed by atoms with E-state index in [4.69, 9.17) is 18.9 Å². The van der Waals surface area contributed by atoms with Crippen molar-refractivity contribution in [2.45, 2.75) is 70.6 Å². The van der Waals surface area contributed by atoms with Gasteiger partial charge in [0.05, 0.1) is 30.5 Å². The van der Waals surface area contributed by atoms with Gasteiger partial charge in [0.2, 0.25) is 0 Å². The summed E-state index contributed by atoms with van der Waals surface area (Å²) in [5.74, 6) is -0.0181. The number of hydrogen-bond donors (Lipinski definition) is 3. The molecule has 0 aliphatic heterocycles. The predicted molar refractivity (Wildman–Crippen MR) is 189 cm³/mol. The number of carbonyl (C=O) groups excluding carboxylic acids is 3. The largest absolute Gasteiger partial charge is 0.493 e. The molecule has 1 fully saturated rings. The molecule has 260 valence electrons. The fourth-order valence-electron chi connectivity index (χ4n) is 5.50. The third kappa shape index (κ3) is 9.41. The maximum Gasteiger partial charge on any atom is 0.408 e. The zero-order valence-corrected chi connectivity index (χ0v) is 28.6. The minimum absolute atomic E-state index is 0.0383. The third-order valence-electron chi connectivity index (χ3n) is 7.95. The van der Waals surface area contributed by atoms with E-state index in [9.17, 15) is 19.6 Å². The standard InChI is InChI=1S/C38H41N5O7/c1-38(2,3)50-37(46)43-30(36(45)49-28-12-8-9-13-28)18-19-48-33-21-31-29(20-32(33)47-4)34(25(22-39)23-40-31)41-26-14-16-27(17-15-26)42-35(44)24-10-6-5-7-11-24/h5-7,10-11,14-17,20-21,23,28,30H,8-9,12-13,18-19H2,1-4H3,(H,40,41)(H,42,44)(H,43,46). The molecule has 3 N–H and O–H groups in total. The van der Waals surface area contributed by atoms with E-state index in [1.807, 2.05) is 6.07 Å². The van der Waals surface area contributed by atoms with Crippen LogP contribution in [0.2, 0.25) is 0 Å². The van der Waals surface area contributed by atoms with Crippen molar-refractivity contribution in [1.29, 1.82) is 5.26 Å². The highest BCUT2D eigenvalue weighted by atomic mass is 16.6. The molecule has 0 spiro atoms. The monoisotopic (exact) mass is 679 g/mol. The van der Waals surface area contributed by atoms with Gasteiger partial charge in [-0.15, -0.1) is 0 Å². The van der Waals surface area contributed by atoms with Crippen LogP contribution in [-0.2, 0) is 14.3 Å². The van der Waals surface area contributed by atoms with Crippen LogP contribution in [-0.4, -0.2) is 54.4 Å². The molecule has 1 aromatic heterocycles. The van der Waals surface area contributed by atoms with E-state index in [1.165, 1.54) is 13.3 Å². The first-order valence-electron chi connectivity index (χ1n) is 16.5. The van der Waals surface area contributed by atoms with Crippen molar-refractivity contribution < 1.29 is 33.3 Å². The first kappa shape index (κ1) is 35.5. The molecule has 1 aliphatic carbocycles. The van der Waals surface area contributed by atoms with Gasteiger partial charge in [-0.1, -0.05) is 18.2 Å². The zero-order chi connectivity index (χ0) is 35.7. The number of amides is 2. The number of rotatable bonds is 12. The summed E-state index contributed by atoms with van der Waals surface area (Å²) in [6.07, 6.45) is 4.27. The summed E-state index contributed by atoms with van der Waals surface area (Å²) in [7, 11) is 1.50. The topological polar surface area (TPSA) is 161 Å². The van der Waals surface area contributed by atoms with Gasteiger partial charge in [0.1, 0.15) is 23.8 Å². The molecule has 1 saturated carbocycles. The lowest BCUT2D eigenvalue weighted by atomic mass is 10.1. The van der Waals surface area contributed by atoms with Crippen LogP contribution in [0.25, 0.3) is 10.9 Å². The lowest BCUT2D eigenvalue weighted by Crippen LogP contribution is -2.45. The van der Waals surface area contributed by atoms with Crippen molar-refractivity contribution in [3.8, 4) is 17.6 Å². The number of fused-ring (bicyclic) bond motifs is 1. The van der Waals surface area contributed by atoms with Crippen molar-refractivity contribution in [3.05, 3.63) is 84.1 Å². The van der Waals surface area contributed by atoms with Gasteiger partial charge in [-0.3, -0.25) is 9.78 Å². The smallest absolute Gasteiger partial charge is 0.408 e. The summed E-state index contributed by atoms with van der Waals surface area (Å²) in [6, 6.07) is 20.7. The van der Waals surface area contributed by atoms with Gasteiger partial charge < -0.3 is 34.9 Å². The van der Waals surface area contributed by atoms with E-state index < -0.39 is 23.7 Å². The predicted octanol–water partition coefficient (Wildman–Crippen LogP) is 7.26. The molecule has 0 bridgehead atoms. The average Bonchev–Trinajstić information content (AvgIpc) is 3.61. The Kier molecular flexibility index (Phi) is 11.4. The summed E-state index contributed by atoms with van der Waals surface area (Å²) < 4.78 is 22.8. The number of nitriles is 1. The second-order valence-corrected chi connectivity index (χ2v) is 12.9. The molecule has 12 nitrogen and oxygen atoms in total. The summed E-state index contributed by atoms with van der Waals surface area (Å²) in [4.78, 5) is 42.7. The molecule has 4 aromatic rings. The minimum atomic E-state index is -0.984. The number of esters is 1. The highest BCUT2D eigenvalue weighted by Crippen LogP contribution is 2.37. The fourth-order valence-corrected chi connectivity index (χ4v) is 5.50. The Balaban J connectivity index is 1.31. The Morgan fingerprint density at radius 2 is 1.68 bits per heavy atom. The molecular formula is C38H41N5O7. The molecule has 1 heterocycles. The molecule has 1 aliphatic rings. The van der Waals surface area contributed by atoms with Crippen LogP contribution in [0.4, 0.5) is 21.9 Å². The molecule has 5 rings (SSSR count). The Morgan fingerprint density at radius 3 is 2.34 bits per heavy atom. The zero-order valence-electron chi connectivity index (χ0n) is 28.6. The van der Waals surface area contributed by atoms with E-state index >= 15 is 0 Å². The van der Waals surface area contributed by atoms with Gasteiger partial charge in [0.25, 0.3) is 5.91 Å². The normalized spacial score (nSPS) is 13.5. The first-order chi connectivity index (χ1) is 24.0. The van der Waals surface area contributed by atoms with Crippen molar-refractivity contribution >= 4 is 45.9 Å². The number of anilines is 3. The van der Waals surface area contributed by atoms with Gasteiger partial charge in [-0.25, -0.2) is 9.59 Å². The summed E-state index contributed by atoms with van der Waals surface area (Å²) in [6.45, 7) is 5.27. The number of hydrogen-bond acceptors (Lipinski definition) is 10. The van der Waals surface area contributed by atoms with Crippen LogP contribution in [0, 0.1) is 11.3 Å². The molecule has 12 heteroatoms. The average molecular weight is 680 g/mol. The SMILES string of the molecule is COc1cc2c(Nc3ccc(NC(=O)c4ccccc4)cc3)c(C#N)cnc2cc1OCCC(NC(=O)OC(C)(C)C)C(=O)OC1CCCC1. The molecule has 0 saturated heterocycles. The Labute approximate surface area is 291 Å². The van der Waals surface area contributed by atoms with Crippen molar-refractivity contribution in [3.63, 3.8) is 0 Å². The molecule has 0 radical (unpaired) electrons. The highest BCUT2D eigenvalue weighted by molar-refractivity contribution is 6.04. The number of alkyl carbamates (subject to hydrolysis) is 1. The Bertz CT molecular complexity index is 1860. The second kappa shape index (κ2) is 16.0. The van der Waals surface area contributed by atoms with Crippen LogP contribution in [0.15, 0.2) is 72.9 Å². The van der Waals surface area contributed by atoms with E-state index in [0.29, 0.717) is 50.6 Å². The van der Waals surface area contributed by atoms with E-state index in [0.717, 1.165) is 25.7 Å². The summed E-state index contributed by atoms with van der Waals surface area (Å²) in [5.41, 5.74) is 2.45. The molecule has 50 heavy (non-hydrogen) atoms. The third-order valence-corrected chi connectivity index (χ3v) is 7.95. The number of ether oxygens (including phenoxy) is 4. The quantitative estimate of drug-likeness (QED) is 0.130. The lowest BCUT2D eigenvalue weighted by molar-refractivity contribution is -0.151. The maximum absolute atomic E-state index is 13.1. The molecule has 2 amide bonds. The molecule has 1 unspecified atom stereocenters. The molecule has 1 atom stereocenters. The van der Waals surface area contributed by atoms with Crippen molar-refractivity contribution in [1.82, 2.24) is 10.3 Å². The van der Waals surface area contributed by atoms with Gasteiger partial charge >= 0.3 is 12.1 Å². The maximum atomic E-state index is 13.1. The summed E-state index contributed by atoms with van der Waals surface area (Å²) in [5, 5.41) is 19.3. The number of benzene rings is 3. The summed E-state index contributed by atoms with van der Waals surface area (Å²) >= 11 is 0. The molecular weight excluding hydrogens is 638 g/mol. The van der Waals surface area contributed by atoms with Crippen molar-refractivity contribution in [2.24, 2.45) is 0 Å². The number of aromatic nitrogens is 1. The number of nitrogens with one attached hydrogen (secondary N) is 3. The van der Waals surface area contributed by atoms with Crippen molar-refractivity contribution in [2.75, 3.05) is 24.4 Å². The van der Waals surface area contributed by atoms with Crippen LogP contribution in [0.3, 0.4) is 0 Å².